The van der Waals surface area contributed by atoms with Crippen molar-refractivity contribution in [2.24, 2.45) is 0 Å². The van der Waals surface area contributed by atoms with Gasteiger partial charge in [0, 0.05) is 12.0 Å². The molecule has 1 aliphatic rings. The van der Waals surface area contributed by atoms with Gasteiger partial charge in [-0.25, -0.2) is 0 Å². The van der Waals surface area contributed by atoms with Gasteiger partial charge in [-0.05, 0) is 43.5 Å². The molecule has 0 spiro atoms. The number of nitrogens with zero attached hydrogens (tertiary/aromatic N) is 1. The molecule has 1 unspecified atom stereocenters. The quantitative estimate of drug-likeness (QED) is 0.844. The average Bonchev–Trinajstić information content (AvgIpc) is 2.54. The van der Waals surface area contributed by atoms with Crippen molar-refractivity contribution in [2.45, 2.75) is 59.5 Å². The first-order chi connectivity index (χ1) is 11.3. The summed E-state index contributed by atoms with van der Waals surface area (Å²) in [5.41, 5.74) is 1.35. The molecular weight excluding hydrogens is 307 g/mol. The van der Waals surface area contributed by atoms with Gasteiger partial charge in [0.05, 0.1) is 12.1 Å². The van der Waals surface area contributed by atoms with Crippen LogP contribution in [0.25, 0.3) is 0 Å². The van der Waals surface area contributed by atoms with Gasteiger partial charge in [-0.2, -0.15) is 4.39 Å². The maximum atomic E-state index is 12.9. The highest BCUT2D eigenvalue weighted by Gasteiger charge is 2.35. The molecule has 1 aliphatic heterocycles. The Kier molecular flexibility index (Phi) is 6.70. The largest absolute Gasteiger partial charge is 0.366 e. The first kappa shape index (κ1) is 19.9. The van der Waals surface area contributed by atoms with Crippen LogP contribution in [0.3, 0.4) is 0 Å². The standard InChI is InChI=1S/C17H21FN2O2.C2H6/c1-5-17(4)9-15(21)20(12(3)19-17)10-14-8-13(16(18)22)7-6-11(14)2;1-2/h6-8,19H,3,5,9-10H2,1-2,4H3;1-2H3. The van der Waals surface area contributed by atoms with Crippen LogP contribution in [0.5, 0.6) is 0 Å². The monoisotopic (exact) mass is 334 g/mol. The molecular formula is C19H27FN2O2. The van der Waals surface area contributed by atoms with Crippen LogP contribution in [0.15, 0.2) is 30.6 Å². The molecule has 0 saturated carbocycles. The number of carbonyl (C=O) groups is 2. The summed E-state index contributed by atoms with van der Waals surface area (Å²) in [6.45, 7) is 14.1. The van der Waals surface area contributed by atoms with E-state index in [0.29, 0.717) is 12.2 Å². The second-order valence-electron chi connectivity index (χ2n) is 6.06. The van der Waals surface area contributed by atoms with E-state index in [1.54, 1.807) is 11.0 Å². The minimum Gasteiger partial charge on any atom is -0.366 e. The van der Waals surface area contributed by atoms with Crippen molar-refractivity contribution in [1.29, 1.82) is 0 Å². The van der Waals surface area contributed by atoms with Gasteiger partial charge in [0.2, 0.25) is 5.91 Å². The molecule has 5 heteroatoms. The molecule has 0 aliphatic carbocycles. The number of halogens is 1. The maximum Gasteiger partial charge on any atom is 0.332 e. The van der Waals surface area contributed by atoms with Gasteiger partial charge in [0.1, 0.15) is 5.82 Å². The fourth-order valence-electron chi connectivity index (χ4n) is 2.57. The van der Waals surface area contributed by atoms with E-state index >= 15 is 0 Å². The number of amides is 1. The molecule has 1 saturated heterocycles. The van der Waals surface area contributed by atoms with Crippen LogP contribution in [0, 0.1) is 6.92 Å². The van der Waals surface area contributed by atoms with E-state index in [1.807, 2.05) is 34.6 Å². The normalized spacial score (nSPS) is 20.2. The molecule has 1 amide bonds. The highest BCUT2D eigenvalue weighted by molar-refractivity contribution is 5.88. The van der Waals surface area contributed by atoms with Crippen molar-refractivity contribution in [3.8, 4) is 0 Å². The summed E-state index contributed by atoms with van der Waals surface area (Å²) in [7, 11) is 0. The SMILES string of the molecule is C=C1NC(C)(CC)CC(=O)N1Cc1cc(C(=O)F)ccc1C.CC. The molecule has 132 valence electrons. The van der Waals surface area contributed by atoms with Crippen molar-refractivity contribution < 1.29 is 14.0 Å². The van der Waals surface area contributed by atoms with Crippen LogP contribution in [0.2, 0.25) is 0 Å². The number of hydrogen-bond donors (Lipinski definition) is 1. The molecule has 0 aromatic heterocycles. The Hall–Kier alpha value is -2.17. The smallest absolute Gasteiger partial charge is 0.332 e. The van der Waals surface area contributed by atoms with E-state index in [2.05, 4.69) is 11.9 Å². The maximum absolute atomic E-state index is 12.9. The summed E-state index contributed by atoms with van der Waals surface area (Å²) in [4.78, 5) is 24.8. The average molecular weight is 334 g/mol. The Balaban J connectivity index is 0.00000139. The second-order valence-corrected chi connectivity index (χ2v) is 6.06. The minimum atomic E-state index is -1.47. The van der Waals surface area contributed by atoms with Crippen LogP contribution in [-0.4, -0.2) is 22.4 Å². The van der Waals surface area contributed by atoms with Crippen molar-refractivity contribution in [1.82, 2.24) is 10.2 Å². The number of aryl methyl sites for hydroxylation is 1. The highest BCUT2D eigenvalue weighted by atomic mass is 19.1. The summed E-state index contributed by atoms with van der Waals surface area (Å²) in [6.07, 6.45) is 1.19. The zero-order chi connectivity index (χ0) is 18.5. The summed E-state index contributed by atoms with van der Waals surface area (Å²) < 4.78 is 12.9. The van der Waals surface area contributed by atoms with Crippen LogP contribution in [-0.2, 0) is 11.3 Å². The van der Waals surface area contributed by atoms with Crippen molar-refractivity contribution in [2.75, 3.05) is 0 Å². The third kappa shape index (κ3) is 4.43. The highest BCUT2D eigenvalue weighted by Crippen LogP contribution is 2.26. The molecule has 1 fully saturated rings. The van der Waals surface area contributed by atoms with Gasteiger partial charge in [0.25, 0.3) is 0 Å². The first-order valence-electron chi connectivity index (χ1n) is 8.32. The van der Waals surface area contributed by atoms with Gasteiger partial charge >= 0.3 is 6.04 Å². The molecule has 0 bridgehead atoms. The van der Waals surface area contributed by atoms with Gasteiger partial charge in [-0.15, -0.1) is 0 Å². The fraction of sp³-hybridized carbons (Fsp3) is 0.474. The molecule has 1 N–H and O–H groups in total. The summed E-state index contributed by atoms with van der Waals surface area (Å²) >= 11 is 0. The van der Waals surface area contributed by atoms with Crippen molar-refractivity contribution in [3.63, 3.8) is 0 Å². The molecule has 24 heavy (non-hydrogen) atoms. The van der Waals surface area contributed by atoms with E-state index < -0.39 is 6.04 Å². The summed E-state index contributed by atoms with van der Waals surface area (Å²) in [5.74, 6) is 0.515. The Morgan fingerprint density at radius 2 is 2.04 bits per heavy atom. The zero-order valence-corrected chi connectivity index (χ0v) is 15.2. The first-order valence-corrected chi connectivity index (χ1v) is 8.32. The van der Waals surface area contributed by atoms with E-state index in [-0.39, 0.29) is 23.6 Å². The zero-order valence-electron chi connectivity index (χ0n) is 15.2. The Labute approximate surface area is 143 Å². The topological polar surface area (TPSA) is 49.4 Å². The Morgan fingerprint density at radius 1 is 1.42 bits per heavy atom. The van der Waals surface area contributed by atoms with E-state index in [9.17, 15) is 14.0 Å². The lowest BCUT2D eigenvalue weighted by atomic mass is 9.91. The number of hydrogen-bond acceptors (Lipinski definition) is 3. The van der Waals surface area contributed by atoms with Crippen LogP contribution < -0.4 is 5.32 Å². The van der Waals surface area contributed by atoms with E-state index in [0.717, 1.165) is 17.5 Å². The van der Waals surface area contributed by atoms with Gasteiger partial charge in [-0.1, -0.05) is 33.4 Å². The number of benzene rings is 1. The molecule has 1 heterocycles. The molecule has 4 nitrogen and oxygen atoms in total. The summed E-state index contributed by atoms with van der Waals surface area (Å²) in [6, 6.07) is 3.15. The Morgan fingerprint density at radius 3 is 2.54 bits per heavy atom. The van der Waals surface area contributed by atoms with Crippen LogP contribution in [0.1, 0.15) is 62.0 Å². The van der Waals surface area contributed by atoms with Crippen molar-refractivity contribution >= 4 is 11.9 Å². The minimum absolute atomic E-state index is 0.00188. The molecule has 1 aromatic carbocycles. The molecule has 0 radical (unpaired) electrons. The lowest BCUT2D eigenvalue weighted by molar-refractivity contribution is -0.134. The predicted molar refractivity (Wildman–Crippen MR) is 94.1 cm³/mol. The molecule has 1 aromatic rings. The number of nitrogens with one attached hydrogen (secondary N) is 1. The number of carbonyl (C=O) groups excluding carboxylic acids is 2. The predicted octanol–water partition coefficient (Wildman–Crippen LogP) is 4.09. The lowest BCUT2D eigenvalue weighted by Crippen LogP contribution is -2.55. The number of rotatable bonds is 4. The van der Waals surface area contributed by atoms with Crippen LogP contribution in [0.4, 0.5) is 4.39 Å². The lowest BCUT2D eigenvalue weighted by Gasteiger charge is -2.41. The van der Waals surface area contributed by atoms with Crippen LogP contribution >= 0.6 is 0 Å². The van der Waals surface area contributed by atoms with E-state index in [4.69, 9.17) is 0 Å². The summed E-state index contributed by atoms with van der Waals surface area (Å²) in [5, 5.41) is 3.27. The van der Waals surface area contributed by atoms with Gasteiger partial charge in [0.15, 0.2) is 0 Å². The Bertz CT molecular complexity index is 622. The van der Waals surface area contributed by atoms with E-state index in [1.165, 1.54) is 12.1 Å². The van der Waals surface area contributed by atoms with Gasteiger partial charge in [-0.3, -0.25) is 14.5 Å². The third-order valence-corrected chi connectivity index (χ3v) is 4.30. The molecule has 1 atom stereocenters. The third-order valence-electron chi connectivity index (χ3n) is 4.30. The van der Waals surface area contributed by atoms with Gasteiger partial charge < -0.3 is 5.32 Å². The second kappa shape index (κ2) is 8.08. The fourth-order valence-corrected chi connectivity index (χ4v) is 2.57. The van der Waals surface area contributed by atoms with Crippen molar-refractivity contribution in [3.05, 3.63) is 47.3 Å². The molecule has 2 rings (SSSR count).